The summed E-state index contributed by atoms with van der Waals surface area (Å²) in [6, 6.07) is -0.797. The summed E-state index contributed by atoms with van der Waals surface area (Å²) < 4.78 is 14.3. The fourth-order valence-corrected chi connectivity index (χ4v) is 1.58. The van der Waals surface area contributed by atoms with Gasteiger partial charge in [0.1, 0.15) is 12.6 Å². The standard InChI is InChI=1S/C14H23NO6/c1-5-10-21-14(18)15(11(3)13(17)19-4)9-7-8-12(16)20-6-2/h5,11H,1,6-10H2,2-4H3/t11-/m0/s1. The molecule has 0 saturated heterocycles. The molecular weight excluding hydrogens is 278 g/mol. The van der Waals surface area contributed by atoms with E-state index in [-0.39, 0.29) is 25.5 Å². The molecule has 21 heavy (non-hydrogen) atoms. The minimum absolute atomic E-state index is 0.0428. The van der Waals surface area contributed by atoms with E-state index >= 15 is 0 Å². The monoisotopic (exact) mass is 301 g/mol. The Morgan fingerprint density at radius 3 is 2.48 bits per heavy atom. The van der Waals surface area contributed by atoms with Crippen molar-refractivity contribution in [3.8, 4) is 0 Å². The molecule has 7 nitrogen and oxygen atoms in total. The quantitative estimate of drug-likeness (QED) is 0.365. The van der Waals surface area contributed by atoms with Gasteiger partial charge in [-0.3, -0.25) is 9.69 Å². The Kier molecular flexibility index (Phi) is 9.66. The summed E-state index contributed by atoms with van der Waals surface area (Å²) in [5.74, 6) is -0.899. The molecule has 0 heterocycles. The Labute approximate surface area is 124 Å². The number of ether oxygens (including phenoxy) is 3. The third-order valence-corrected chi connectivity index (χ3v) is 2.65. The molecule has 0 fully saturated rings. The van der Waals surface area contributed by atoms with Gasteiger partial charge in [0, 0.05) is 13.0 Å². The first kappa shape index (κ1) is 18.9. The van der Waals surface area contributed by atoms with E-state index in [4.69, 9.17) is 9.47 Å². The van der Waals surface area contributed by atoms with Crippen molar-refractivity contribution in [2.24, 2.45) is 0 Å². The molecular formula is C14H23NO6. The first-order chi connectivity index (χ1) is 9.97. The smallest absolute Gasteiger partial charge is 0.410 e. The van der Waals surface area contributed by atoms with Crippen LogP contribution in [-0.2, 0) is 23.8 Å². The molecule has 1 atom stereocenters. The molecule has 0 unspecified atom stereocenters. The Morgan fingerprint density at radius 1 is 1.29 bits per heavy atom. The SMILES string of the molecule is C=CCOC(=O)N(CCCC(=O)OCC)[C@@H](C)C(=O)OC. The summed E-state index contributed by atoms with van der Waals surface area (Å²) >= 11 is 0. The Bertz CT molecular complexity index is 368. The maximum Gasteiger partial charge on any atom is 0.410 e. The minimum atomic E-state index is -0.797. The van der Waals surface area contributed by atoms with E-state index in [0.717, 1.165) is 0 Å². The highest BCUT2D eigenvalue weighted by Crippen LogP contribution is 2.07. The van der Waals surface area contributed by atoms with Gasteiger partial charge in [0.15, 0.2) is 0 Å². The van der Waals surface area contributed by atoms with Crippen molar-refractivity contribution in [2.45, 2.75) is 32.7 Å². The first-order valence-electron chi connectivity index (χ1n) is 6.75. The van der Waals surface area contributed by atoms with Crippen LogP contribution in [0.2, 0.25) is 0 Å². The van der Waals surface area contributed by atoms with Crippen molar-refractivity contribution in [3.05, 3.63) is 12.7 Å². The molecule has 0 spiro atoms. The lowest BCUT2D eigenvalue weighted by Crippen LogP contribution is -2.44. The van der Waals surface area contributed by atoms with Crippen molar-refractivity contribution < 1.29 is 28.6 Å². The molecule has 0 aliphatic carbocycles. The van der Waals surface area contributed by atoms with Gasteiger partial charge in [-0.15, -0.1) is 0 Å². The van der Waals surface area contributed by atoms with Crippen molar-refractivity contribution in [1.82, 2.24) is 4.90 Å². The van der Waals surface area contributed by atoms with Gasteiger partial charge in [-0.1, -0.05) is 12.7 Å². The van der Waals surface area contributed by atoms with Crippen LogP contribution in [0, 0.1) is 0 Å². The molecule has 1 amide bonds. The molecule has 0 aliphatic rings. The number of methoxy groups -OCH3 is 1. The Hall–Kier alpha value is -2.05. The number of hydrogen-bond donors (Lipinski definition) is 0. The van der Waals surface area contributed by atoms with Gasteiger partial charge in [-0.2, -0.15) is 0 Å². The molecule has 0 bridgehead atoms. The number of esters is 2. The maximum absolute atomic E-state index is 11.9. The zero-order valence-electron chi connectivity index (χ0n) is 12.8. The van der Waals surface area contributed by atoms with Gasteiger partial charge in [0.25, 0.3) is 0 Å². The van der Waals surface area contributed by atoms with Crippen LogP contribution in [0.5, 0.6) is 0 Å². The molecule has 0 N–H and O–H groups in total. The molecule has 0 radical (unpaired) electrons. The van der Waals surface area contributed by atoms with Crippen LogP contribution in [0.1, 0.15) is 26.7 Å². The van der Waals surface area contributed by atoms with Gasteiger partial charge in [0.05, 0.1) is 13.7 Å². The number of carbonyl (C=O) groups is 3. The summed E-state index contributed by atoms with van der Waals surface area (Å²) in [5, 5.41) is 0. The summed E-state index contributed by atoms with van der Waals surface area (Å²) in [5.41, 5.74) is 0. The number of hydrogen-bond acceptors (Lipinski definition) is 6. The molecule has 0 saturated carbocycles. The second-order valence-electron chi connectivity index (χ2n) is 4.17. The van der Waals surface area contributed by atoms with Crippen molar-refractivity contribution >= 4 is 18.0 Å². The van der Waals surface area contributed by atoms with E-state index in [9.17, 15) is 14.4 Å². The van der Waals surface area contributed by atoms with Crippen LogP contribution in [0.15, 0.2) is 12.7 Å². The van der Waals surface area contributed by atoms with Gasteiger partial charge in [0.2, 0.25) is 0 Å². The third-order valence-electron chi connectivity index (χ3n) is 2.65. The minimum Gasteiger partial charge on any atom is -0.467 e. The highest BCUT2D eigenvalue weighted by molar-refractivity contribution is 5.81. The Morgan fingerprint density at radius 2 is 1.95 bits per heavy atom. The van der Waals surface area contributed by atoms with E-state index in [1.807, 2.05) is 0 Å². The molecule has 7 heteroatoms. The van der Waals surface area contributed by atoms with Gasteiger partial charge in [-0.25, -0.2) is 9.59 Å². The lowest BCUT2D eigenvalue weighted by atomic mass is 10.2. The molecule has 0 aromatic heterocycles. The lowest BCUT2D eigenvalue weighted by molar-refractivity contribution is -0.145. The molecule has 0 aromatic carbocycles. The van der Waals surface area contributed by atoms with Gasteiger partial charge < -0.3 is 14.2 Å². The van der Waals surface area contributed by atoms with E-state index in [2.05, 4.69) is 11.3 Å². The predicted octanol–water partition coefficient (Wildman–Crippen LogP) is 1.52. The lowest BCUT2D eigenvalue weighted by Gasteiger charge is -2.26. The average molecular weight is 301 g/mol. The summed E-state index contributed by atoms with van der Waals surface area (Å²) in [6.07, 6.45) is 1.30. The molecule has 0 aromatic rings. The third kappa shape index (κ3) is 7.34. The second kappa shape index (κ2) is 10.7. The van der Waals surface area contributed by atoms with E-state index in [0.29, 0.717) is 13.0 Å². The first-order valence-corrected chi connectivity index (χ1v) is 6.75. The largest absolute Gasteiger partial charge is 0.467 e. The van der Waals surface area contributed by atoms with E-state index in [1.165, 1.54) is 25.0 Å². The molecule has 120 valence electrons. The highest BCUT2D eigenvalue weighted by atomic mass is 16.6. The maximum atomic E-state index is 11.9. The van der Waals surface area contributed by atoms with Crippen LogP contribution in [0.3, 0.4) is 0 Å². The summed E-state index contributed by atoms with van der Waals surface area (Å²) in [4.78, 5) is 35.9. The number of carbonyl (C=O) groups excluding carboxylic acids is 3. The van der Waals surface area contributed by atoms with Gasteiger partial charge >= 0.3 is 18.0 Å². The summed E-state index contributed by atoms with van der Waals surface area (Å²) in [6.45, 7) is 7.23. The van der Waals surface area contributed by atoms with Crippen molar-refractivity contribution in [3.63, 3.8) is 0 Å². The zero-order valence-corrected chi connectivity index (χ0v) is 12.8. The predicted molar refractivity (Wildman–Crippen MR) is 75.6 cm³/mol. The normalized spacial score (nSPS) is 11.2. The number of nitrogens with zero attached hydrogens (tertiary/aromatic N) is 1. The van der Waals surface area contributed by atoms with Crippen LogP contribution in [0.4, 0.5) is 4.79 Å². The van der Waals surface area contributed by atoms with Crippen molar-refractivity contribution in [2.75, 3.05) is 26.9 Å². The van der Waals surface area contributed by atoms with Crippen LogP contribution in [-0.4, -0.2) is 55.8 Å². The van der Waals surface area contributed by atoms with Crippen LogP contribution < -0.4 is 0 Å². The number of rotatable bonds is 9. The Balaban J connectivity index is 4.57. The molecule has 0 aliphatic heterocycles. The second-order valence-corrected chi connectivity index (χ2v) is 4.17. The van der Waals surface area contributed by atoms with Crippen LogP contribution >= 0.6 is 0 Å². The highest BCUT2D eigenvalue weighted by Gasteiger charge is 2.27. The van der Waals surface area contributed by atoms with Crippen LogP contribution in [0.25, 0.3) is 0 Å². The van der Waals surface area contributed by atoms with E-state index < -0.39 is 18.1 Å². The fourth-order valence-electron chi connectivity index (χ4n) is 1.58. The van der Waals surface area contributed by atoms with Gasteiger partial charge in [-0.05, 0) is 20.3 Å². The zero-order chi connectivity index (χ0) is 16.3. The topological polar surface area (TPSA) is 82.1 Å². The van der Waals surface area contributed by atoms with E-state index in [1.54, 1.807) is 6.92 Å². The average Bonchev–Trinajstić information content (AvgIpc) is 2.47. The number of amides is 1. The molecule has 0 rings (SSSR count). The van der Waals surface area contributed by atoms with Crippen molar-refractivity contribution in [1.29, 1.82) is 0 Å². The summed E-state index contributed by atoms with van der Waals surface area (Å²) in [7, 11) is 1.24. The fraction of sp³-hybridized carbons (Fsp3) is 0.643.